The maximum Gasteiger partial charge on any atom is 0.335 e. The van der Waals surface area contributed by atoms with Crippen LogP contribution in [0.15, 0.2) is 79.0 Å². The van der Waals surface area contributed by atoms with Crippen LogP contribution in [0.5, 0.6) is 5.75 Å². The topological polar surface area (TPSA) is 155 Å². The number of nitrogens with one attached hydrogen (secondary N) is 1. The number of benzene rings is 3. The van der Waals surface area contributed by atoms with Gasteiger partial charge in [0.2, 0.25) is 5.82 Å². The number of fused-ring (bicyclic) bond motifs is 1. The second-order valence-electron chi connectivity index (χ2n) is 11.1. The van der Waals surface area contributed by atoms with Crippen LogP contribution in [0.2, 0.25) is 0 Å². The predicted octanol–water partition coefficient (Wildman–Crippen LogP) is 6.60. The molecule has 3 heterocycles. The summed E-state index contributed by atoms with van der Waals surface area (Å²) in [5.41, 5.74) is 6.47. The number of rotatable bonds is 8. The molecule has 0 saturated heterocycles. The fraction of sp³-hybridized carbons (Fsp3) is 0.206. The Bertz CT molecular complexity index is 2020. The van der Waals surface area contributed by atoms with Crippen LogP contribution < -0.4 is 4.74 Å². The molecule has 7 rings (SSSR count). The van der Waals surface area contributed by atoms with E-state index >= 15 is 0 Å². The average molecular weight is 597 g/mol. The summed E-state index contributed by atoms with van der Waals surface area (Å²) >= 11 is 0. The number of imidazole rings is 1. The third kappa shape index (κ3) is 5.61. The molecular formula is C34H28N8O3. The third-order valence-corrected chi connectivity index (χ3v) is 8.26. The van der Waals surface area contributed by atoms with Crippen LogP contribution in [0, 0.1) is 11.3 Å². The summed E-state index contributed by atoms with van der Waals surface area (Å²) in [5.74, 6) is 0.948. The van der Waals surface area contributed by atoms with Gasteiger partial charge in [0.05, 0.1) is 17.2 Å². The minimum atomic E-state index is -1.01. The Morgan fingerprint density at radius 3 is 2.47 bits per heavy atom. The van der Waals surface area contributed by atoms with E-state index in [-0.39, 0.29) is 12.2 Å². The monoisotopic (exact) mass is 596 g/mol. The third-order valence-electron chi connectivity index (χ3n) is 8.26. The van der Waals surface area contributed by atoms with Gasteiger partial charge in [-0.05, 0) is 89.3 Å². The number of carboxylic acid groups (broad SMARTS) is 1. The smallest absolute Gasteiger partial charge is 0.335 e. The van der Waals surface area contributed by atoms with E-state index in [9.17, 15) is 9.90 Å². The first-order valence-corrected chi connectivity index (χ1v) is 14.8. The maximum absolute atomic E-state index is 11.7. The number of aromatic carboxylic acids is 1. The van der Waals surface area contributed by atoms with Crippen LogP contribution in [0.25, 0.3) is 45.1 Å². The molecule has 1 saturated carbocycles. The number of ether oxygens (including phenoxy) is 1. The Morgan fingerprint density at radius 2 is 1.76 bits per heavy atom. The molecule has 0 unspecified atom stereocenters. The van der Waals surface area contributed by atoms with E-state index in [1.54, 1.807) is 36.5 Å². The van der Waals surface area contributed by atoms with Crippen LogP contribution >= 0.6 is 0 Å². The number of tetrazole rings is 1. The number of carbonyl (C=O) groups is 1. The van der Waals surface area contributed by atoms with Crippen LogP contribution in [-0.2, 0) is 6.61 Å². The molecule has 3 aromatic carbocycles. The van der Waals surface area contributed by atoms with Crippen LogP contribution in [0.1, 0.15) is 59.6 Å². The van der Waals surface area contributed by atoms with Crippen molar-refractivity contribution in [3.8, 4) is 45.7 Å². The lowest BCUT2D eigenvalue weighted by atomic mass is 9.95. The van der Waals surface area contributed by atoms with E-state index in [0.29, 0.717) is 23.2 Å². The fourth-order valence-corrected chi connectivity index (χ4v) is 5.99. The number of pyridine rings is 1. The van der Waals surface area contributed by atoms with Gasteiger partial charge in [-0.25, -0.2) is 14.8 Å². The number of H-pyrrole nitrogens is 1. The van der Waals surface area contributed by atoms with Gasteiger partial charge in [0.25, 0.3) is 0 Å². The first-order chi connectivity index (χ1) is 22.1. The summed E-state index contributed by atoms with van der Waals surface area (Å²) in [4.78, 5) is 21.5. The number of nitriles is 1. The fourth-order valence-electron chi connectivity index (χ4n) is 5.99. The first kappa shape index (κ1) is 27.9. The summed E-state index contributed by atoms with van der Waals surface area (Å²) in [5, 5.41) is 33.1. The predicted molar refractivity (Wildman–Crippen MR) is 166 cm³/mol. The van der Waals surface area contributed by atoms with Crippen LogP contribution in [0.3, 0.4) is 0 Å². The number of aromatic nitrogens is 7. The highest BCUT2D eigenvalue weighted by Gasteiger charge is 2.24. The minimum absolute atomic E-state index is 0.166. The summed E-state index contributed by atoms with van der Waals surface area (Å²) in [7, 11) is 0. The van der Waals surface area contributed by atoms with Crippen molar-refractivity contribution in [1.29, 1.82) is 5.26 Å². The molecule has 6 aromatic rings. The van der Waals surface area contributed by atoms with Gasteiger partial charge in [-0.1, -0.05) is 37.5 Å². The maximum atomic E-state index is 11.7. The molecule has 0 bridgehead atoms. The highest BCUT2D eigenvalue weighted by molar-refractivity contribution is 5.89. The molecule has 11 nitrogen and oxygen atoms in total. The van der Waals surface area contributed by atoms with E-state index < -0.39 is 5.97 Å². The van der Waals surface area contributed by atoms with Gasteiger partial charge in [-0.3, -0.25) is 0 Å². The molecule has 1 aliphatic carbocycles. The number of hydrogen-bond acceptors (Lipinski definition) is 8. The highest BCUT2D eigenvalue weighted by atomic mass is 16.5. The van der Waals surface area contributed by atoms with Crippen molar-refractivity contribution in [1.82, 2.24) is 35.2 Å². The molecule has 3 aromatic heterocycles. The zero-order chi connectivity index (χ0) is 30.8. The molecule has 45 heavy (non-hydrogen) atoms. The van der Waals surface area contributed by atoms with Crippen molar-refractivity contribution < 1.29 is 14.6 Å². The molecule has 0 aliphatic heterocycles. The van der Waals surface area contributed by atoms with Gasteiger partial charge < -0.3 is 14.4 Å². The zero-order valence-electron chi connectivity index (χ0n) is 24.2. The van der Waals surface area contributed by atoms with E-state index in [1.165, 1.54) is 19.3 Å². The molecule has 222 valence electrons. The molecule has 0 spiro atoms. The number of carboxylic acids is 1. The van der Waals surface area contributed by atoms with E-state index in [4.69, 9.17) is 20.0 Å². The summed E-state index contributed by atoms with van der Waals surface area (Å²) in [6, 6.07) is 24.3. The lowest BCUT2D eigenvalue weighted by Crippen LogP contribution is -2.14. The van der Waals surface area contributed by atoms with Crippen molar-refractivity contribution >= 4 is 17.1 Å². The molecule has 1 fully saturated rings. The second kappa shape index (κ2) is 12.0. The number of nitrogens with zero attached hydrogens (tertiary/aromatic N) is 7. The van der Waals surface area contributed by atoms with Crippen molar-refractivity contribution in [2.75, 3.05) is 0 Å². The van der Waals surface area contributed by atoms with E-state index in [1.807, 2.05) is 42.5 Å². The van der Waals surface area contributed by atoms with Crippen molar-refractivity contribution in [3.05, 3.63) is 95.7 Å². The quantitative estimate of drug-likeness (QED) is 0.198. The van der Waals surface area contributed by atoms with E-state index in [0.717, 1.165) is 57.6 Å². The second-order valence-corrected chi connectivity index (χ2v) is 11.1. The normalized spacial score (nSPS) is 13.5. The number of hydrogen-bond donors (Lipinski definition) is 2. The van der Waals surface area contributed by atoms with Crippen molar-refractivity contribution in [3.63, 3.8) is 0 Å². The molecule has 0 atom stereocenters. The van der Waals surface area contributed by atoms with Gasteiger partial charge in [0, 0.05) is 23.4 Å². The summed E-state index contributed by atoms with van der Waals surface area (Å²) in [6.45, 7) is 0.166. The van der Waals surface area contributed by atoms with Crippen molar-refractivity contribution in [2.45, 2.75) is 44.8 Å². The Morgan fingerprint density at radius 1 is 0.978 bits per heavy atom. The van der Waals surface area contributed by atoms with Crippen molar-refractivity contribution in [2.24, 2.45) is 0 Å². The zero-order valence-corrected chi connectivity index (χ0v) is 24.2. The largest absolute Gasteiger partial charge is 0.489 e. The SMILES string of the molecule is N#Cc1ccc(-c2ccc(C(=O)O)cc2COc2ccc(-c3nc4cc(-c5nn[nH]n5)cnc4n3C3CCCCC3)cc2)cc1. The molecule has 2 N–H and O–H groups in total. The standard InChI is InChI=1S/C34H28N8O3/c35-18-21-6-8-22(9-7-21)29-15-12-24(34(43)44)16-26(29)20-45-28-13-10-23(11-14-28)32-37-30-17-25(31-38-40-41-39-31)19-36-33(30)42(32)27-4-2-1-3-5-27/h6-17,19,27H,1-5,20H2,(H,43,44)(H,38,39,40,41). The molecule has 0 amide bonds. The van der Waals surface area contributed by atoms with E-state index in [2.05, 4.69) is 31.3 Å². The Kier molecular flexibility index (Phi) is 7.45. The van der Waals surface area contributed by atoms with Gasteiger partial charge in [0.15, 0.2) is 5.65 Å². The summed E-state index contributed by atoms with van der Waals surface area (Å²) < 4.78 is 8.45. The lowest BCUT2D eigenvalue weighted by molar-refractivity contribution is 0.0696. The highest BCUT2D eigenvalue weighted by Crippen LogP contribution is 2.36. The Hall–Kier alpha value is -5.89. The molecule has 1 aliphatic rings. The van der Waals surface area contributed by atoms with Gasteiger partial charge in [-0.2, -0.15) is 10.5 Å². The Labute approximate surface area is 258 Å². The first-order valence-electron chi connectivity index (χ1n) is 14.8. The lowest BCUT2D eigenvalue weighted by Gasteiger charge is -2.25. The minimum Gasteiger partial charge on any atom is -0.489 e. The molecular weight excluding hydrogens is 568 g/mol. The van der Waals surface area contributed by atoms with Gasteiger partial charge in [-0.15, -0.1) is 10.2 Å². The average Bonchev–Trinajstić information content (AvgIpc) is 3.76. The van der Waals surface area contributed by atoms with Crippen LogP contribution in [0.4, 0.5) is 0 Å². The van der Waals surface area contributed by atoms with Gasteiger partial charge >= 0.3 is 5.97 Å². The Balaban J connectivity index is 1.18. The molecule has 0 radical (unpaired) electrons. The molecule has 11 heteroatoms. The van der Waals surface area contributed by atoms with Crippen LogP contribution in [-0.4, -0.2) is 46.2 Å². The summed E-state index contributed by atoms with van der Waals surface area (Å²) in [6.07, 6.45) is 7.49. The van der Waals surface area contributed by atoms with Gasteiger partial charge in [0.1, 0.15) is 23.7 Å². The number of aromatic amines is 1.